The molecule has 0 bridgehead atoms. The Kier molecular flexibility index (Phi) is 4.11. The van der Waals surface area contributed by atoms with Gasteiger partial charge in [0, 0.05) is 32.6 Å². The molecule has 100 valence electrons. The molecule has 2 aromatic rings. The lowest BCUT2D eigenvalue weighted by Crippen LogP contribution is -2.06. The summed E-state index contributed by atoms with van der Waals surface area (Å²) in [7, 11) is 0. The first-order valence-electron chi connectivity index (χ1n) is 5.57. The number of aryl methyl sites for hydroxylation is 1. The number of carboxylic acids is 1. The van der Waals surface area contributed by atoms with Gasteiger partial charge in [-0.25, -0.2) is 4.79 Å². The number of thiophene rings is 1. The summed E-state index contributed by atoms with van der Waals surface area (Å²) in [6.45, 7) is 2.45. The molecule has 0 unspecified atom stereocenters. The number of hydrogen-bond acceptors (Lipinski definition) is 4. The molecule has 2 rings (SSSR count). The van der Waals surface area contributed by atoms with Crippen molar-refractivity contribution >= 4 is 44.6 Å². The van der Waals surface area contributed by atoms with E-state index in [-0.39, 0.29) is 5.56 Å². The van der Waals surface area contributed by atoms with Crippen LogP contribution in [0.4, 0.5) is 11.4 Å². The minimum absolute atomic E-state index is 0.134. The third-order valence-electron chi connectivity index (χ3n) is 2.71. The second kappa shape index (κ2) is 5.63. The molecule has 19 heavy (non-hydrogen) atoms. The van der Waals surface area contributed by atoms with Crippen LogP contribution >= 0.6 is 27.3 Å². The summed E-state index contributed by atoms with van der Waals surface area (Å²) < 4.78 is 1.05. The van der Waals surface area contributed by atoms with Crippen molar-refractivity contribution in [3.63, 3.8) is 0 Å². The average molecular weight is 341 g/mol. The largest absolute Gasteiger partial charge is 0.478 e. The molecule has 0 radical (unpaired) electrons. The second-order valence-corrected chi connectivity index (χ2v) is 6.06. The van der Waals surface area contributed by atoms with Gasteiger partial charge < -0.3 is 16.2 Å². The van der Waals surface area contributed by atoms with Crippen LogP contribution in [0.15, 0.2) is 28.1 Å². The van der Waals surface area contributed by atoms with Crippen LogP contribution in [0.25, 0.3) is 0 Å². The van der Waals surface area contributed by atoms with Gasteiger partial charge in [-0.15, -0.1) is 11.3 Å². The lowest BCUT2D eigenvalue weighted by Gasteiger charge is -2.10. The molecule has 0 aliphatic carbocycles. The van der Waals surface area contributed by atoms with E-state index in [0.717, 1.165) is 15.7 Å². The van der Waals surface area contributed by atoms with E-state index in [0.29, 0.717) is 12.2 Å². The van der Waals surface area contributed by atoms with E-state index in [1.165, 1.54) is 4.88 Å². The van der Waals surface area contributed by atoms with Crippen LogP contribution in [0, 0.1) is 6.92 Å². The van der Waals surface area contributed by atoms with Gasteiger partial charge in [0.05, 0.1) is 5.56 Å². The number of nitrogen functional groups attached to an aromatic ring is 1. The number of anilines is 2. The molecule has 1 aromatic carbocycles. The van der Waals surface area contributed by atoms with E-state index in [1.54, 1.807) is 24.3 Å². The molecule has 0 saturated heterocycles. The maximum Gasteiger partial charge on any atom is 0.337 e. The molecular formula is C13H13BrN2O2S. The average Bonchev–Trinajstić information content (AvgIpc) is 2.76. The topological polar surface area (TPSA) is 75.3 Å². The van der Waals surface area contributed by atoms with Crippen LogP contribution in [0.1, 0.15) is 20.8 Å². The third kappa shape index (κ3) is 3.27. The van der Waals surface area contributed by atoms with E-state index in [4.69, 9.17) is 10.8 Å². The Hall–Kier alpha value is -1.53. The van der Waals surface area contributed by atoms with Crippen LogP contribution < -0.4 is 11.1 Å². The molecule has 0 atom stereocenters. The summed E-state index contributed by atoms with van der Waals surface area (Å²) in [4.78, 5) is 12.3. The zero-order valence-electron chi connectivity index (χ0n) is 10.2. The predicted octanol–water partition coefficient (Wildman–Crippen LogP) is 3.71. The molecule has 6 heteroatoms. The highest BCUT2D eigenvalue weighted by Crippen LogP contribution is 2.25. The lowest BCUT2D eigenvalue weighted by atomic mass is 10.1. The van der Waals surface area contributed by atoms with E-state index >= 15 is 0 Å². The summed E-state index contributed by atoms with van der Waals surface area (Å²) in [5.41, 5.74) is 7.72. The van der Waals surface area contributed by atoms with Crippen molar-refractivity contribution in [1.29, 1.82) is 0 Å². The zero-order valence-corrected chi connectivity index (χ0v) is 12.6. The smallest absolute Gasteiger partial charge is 0.337 e. The van der Waals surface area contributed by atoms with Gasteiger partial charge in [0.1, 0.15) is 0 Å². The van der Waals surface area contributed by atoms with Crippen molar-refractivity contribution in [3.8, 4) is 0 Å². The summed E-state index contributed by atoms with van der Waals surface area (Å²) in [5.74, 6) is -1.01. The molecule has 0 fully saturated rings. The van der Waals surface area contributed by atoms with Gasteiger partial charge in [0.2, 0.25) is 0 Å². The van der Waals surface area contributed by atoms with Crippen LogP contribution in [0.3, 0.4) is 0 Å². The van der Waals surface area contributed by atoms with E-state index < -0.39 is 5.97 Å². The van der Waals surface area contributed by atoms with E-state index in [9.17, 15) is 4.79 Å². The highest BCUT2D eigenvalue weighted by Gasteiger charge is 2.11. The second-order valence-electron chi connectivity index (χ2n) is 4.14. The molecule has 1 heterocycles. The molecule has 0 amide bonds. The van der Waals surface area contributed by atoms with Crippen LogP contribution in [-0.4, -0.2) is 11.1 Å². The SMILES string of the molecule is Cc1cc(NCc2cc(Br)cs2)cc(C(=O)O)c1N. The number of rotatable bonds is 4. The summed E-state index contributed by atoms with van der Waals surface area (Å²) in [6.07, 6.45) is 0. The number of nitrogens with two attached hydrogens (primary N) is 1. The van der Waals surface area contributed by atoms with Crippen molar-refractivity contribution in [1.82, 2.24) is 0 Å². The Morgan fingerprint density at radius 1 is 1.47 bits per heavy atom. The Balaban J connectivity index is 2.19. The van der Waals surface area contributed by atoms with Gasteiger partial charge in [-0.05, 0) is 46.6 Å². The lowest BCUT2D eigenvalue weighted by molar-refractivity contribution is 0.0698. The van der Waals surface area contributed by atoms with Crippen LogP contribution in [-0.2, 0) is 6.54 Å². The van der Waals surface area contributed by atoms with Gasteiger partial charge in [0.15, 0.2) is 0 Å². The maximum absolute atomic E-state index is 11.1. The summed E-state index contributed by atoms with van der Waals surface area (Å²) in [5, 5.41) is 14.3. The fourth-order valence-electron chi connectivity index (χ4n) is 1.71. The van der Waals surface area contributed by atoms with Gasteiger partial charge in [-0.1, -0.05) is 0 Å². The number of carbonyl (C=O) groups is 1. The van der Waals surface area contributed by atoms with Crippen molar-refractivity contribution < 1.29 is 9.90 Å². The Labute approximate surface area is 123 Å². The van der Waals surface area contributed by atoms with Gasteiger partial charge in [0.25, 0.3) is 0 Å². The highest BCUT2D eigenvalue weighted by atomic mass is 79.9. The maximum atomic E-state index is 11.1. The van der Waals surface area contributed by atoms with Crippen molar-refractivity contribution in [2.24, 2.45) is 0 Å². The van der Waals surface area contributed by atoms with Gasteiger partial charge in [-0.2, -0.15) is 0 Å². The molecule has 0 aliphatic rings. The number of hydrogen-bond donors (Lipinski definition) is 3. The van der Waals surface area contributed by atoms with Gasteiger partial charge in [-0.3, -0.25) is 0 Å². The molecule has 1 aromatic heterocycles. The Morgan fingerprint density at radius 3 is 2.79 bits per heavy atom. The fourth-order valence-corrected chi connectivity index (χ4v) is 3.10. The number of aromatic carboxylic acids is 1. The molecule has 0 saturated carbocycles. The van der Waals surface area contributed by atoms with Crippen LogP contribution in [0.5, 0.6) is 0 Å². The van der Waals surface area contributed by atoms with E-state index in [1.807, 2.05) is 17.5 Å². The fraction of sp³-hybridized carbons (Fsp3) is 0.154. The predicted molar refractivity (Wildman–Crippen MR) is 81.9 cm³/mol. The first-order valence-corrected chi connectivity index (χ1v) is 7.25. The third-order valence-corrected chi connectivity index (χ3v) is 4.40. The standard InChI is InChI=1S/C13H13BrN2O2S/c1-7-2-9(4-11(12(7)15)13(17)18)16-5-10-3-8(14)6-19-10/h2-4,6,16H,5,15H2,1H3,(H,17,18). The number of carboxylic acid groups (broad SMARTS) is 1. The molecular weight excluding hydrogens is 328 g/mol. The van der Waals surface area contributed by atoms with Gasteiger partial charge >= 0.3 is 5.97 Å². The highest BCUT2D eigenvalue weighted by molar-refractivity contribution is 9.10. The first kappa shape index (κ1) is 13.9. The first-order chi connectivity index (χ1) is 8.97. The number of benzene rings is 1. The molecule has 4 nitrogen and oxygen atoms in total. The quantitative estimate of drug-likeness (QED) is 0.741. The minimum Gasteiger partial charge on any atom is -0.478 e. The normalized spacial score (nSPS) is 10.4. The summed E-state index contributed by atoms with van der Waals surface area (Å²) in [6, 6.07) is 5.44. The number of nitrogens with one attached hydrogen (secondary N) is 1. The van der Waals surface area contributed by atoms with Crippen LogP contribution in [0.2, 0.25) is 0 Å². The Bertz CT molecular complexity index is 625. The molecule has 0 spiro atoms. The van der Waals surface area contributed by atoms with Crippen molar-refractivity contribution in [2.75, 3.05) is 11.1 Å². The summed E-state index contributed by atoms with van der Waals surface area (Å²) >= 11 is 5.03. The molecule has 0 aliphatic heterocycles. The minimum atomic E-state index is -1.01. The van der Waals surface area contributed by atoms with E-state index in [2.05, 4.69) is 21.2 Å². The zero-order chi connectivity index (χ0) is 14.0. The van der Waals surface area contributed by atoms with Crippen molar-refractivity contribution in [3.05, 3.63) is 44.1 Å². The molecule has 4 N–H and O–H groups in total. The Morgan fingerprint density at radius 2 is 2.21 bits per heavy atom. The monoisotopic (exact) mass is 340 g/mol. The van der Waals surface area contributed by atoms with Crippen molar-refractivity contribution in [2.45, 2.75) is 13.5 Å². The number of halogens is 1.